The van der Waals surface area contributed by atoms with Crippen LogP contribution in [0.4, 0.5) is 0 Å². The smallest absolute Gasteiger partial charge is 0.159 e. The zero-order valence-electron chi connectivity index (χ0n) is 11.8. The van der Waals surface area contributed by atoms with Gasteiger partial charge in [0.2, 0.25) is 0 Å². The average molecular weight is 268 g/mol. The maximum absolute atomic E-state index is 12.0. The summed E-state index contributed by atoms with van der Waals surface area (Å²) in [7, 11) is 0. The SMILES string of the molecule is C=C1CCC2=C(CCC1=C)CC1C(=O)C=CC(=O)C1C2. The molecule has 3 aliphatic carbocycles. The molecule has 104 valence electrons. The van der Waals surface area contributed by atoms with Crippen LogP contribution >= 0.6 is 0 Å². The van der Waals surface area contributed by atoms with Crippen LogP contribution in [-0.4, -0.2) is 11.6 Å². The molecular formula is C18H20O2. The highest BCUT2D eigenvalue weighted by Gasteiger charge is 2.39. The van der Waals surface area contributed by atoms with Gasteiger partial charge in [0.15, 0.2) is 11.6 Å². The van der Waals surface area contributed by atoms with Crippen LogP contribution in [0.15, 0.2) is 47.6 Å². The summed E-state index contributed by atoms with van der Waals surface area (Å²) in [4.78, 5) is 24.1. The minimum absolute atomic E-state index is 0.109. The zero-order chi connectivity index (χ0) is 14.3. The summed E-state index contributed by atoms with van der Waals surface area (Å²) in [6.45, 7) is 8.18. The Labute approximate surface area is 119 Å². The number of allylic oxidation sites excluding steroid dienone is 6. The summed E-state index contributed by atoms with van der Waals surface area (Å²) < 4.78 is 0. The van der Waals surface area contributed by atoms with Gasteiger partial charge >= 0.3 is 0 Å². The number of hydrogen-bond acceptors (Lipinski definition) is 2. The Morgan fingerprint density at radius 1 is 0.750 bits per heavy atom. The van der Waals surface area contributed by atoms with E-state index in [1.807, 2.05) is 0 Å². The van der Waals surface area contributed by atoms with E-state index < -0.39 is 0 Å². The van der Waals surface area contributed by atoms with Gasteiger partial charge in [0, 0.05) is 11.8 Å². The Bertz CT molecular complexity index is 524. The number of rotatable bonds is 0. The van der Waals surface area contributed by atoms with Crippen molar-refractivity contribution in [2.24, 2.45) is 11.8 Å². The number of ketones is 2. The molecule has 2 atom stereocenters. The zero-order valence-corrected chi connectivity index (χ0v) is 11.8. The first kappa shape index (κ1) is 13.3. The van der Waals surface area contributed by atoms with Crippen molar-refractivity contribution in [1.29, 1.82) is 0 Å². The minimum atomic E-state index is -0.109. The molecule has 0 amide bonds. The average Bonchev–Trinajstić information content (AvgIpc) is 2.44. The largest absolute Gasteiger partial charge is 0.295 e. The molecule has 0 bridgehead atoms. The molecule has 0 saturated carbocycles. The molecule has 0 fully saturated rings. The fourth-order valence-corrected chi connectivity index (χ4v) is 3.63. The lowest BCUT2D eigenvalue weighted by Gasteiger charge is -2.35. The van der Waals surface area contributed by atoms with E-state index in [0.29, 0.717) is 0 Å². The van der Waals surface area contributed by atoms with Gasteiger partial charge in [-0.1, -0.05) is 35.5 Å². The van der Waals surface area contributed by atoms with E-state index in [-0.39, 0.29) is 23.4 Å². The third kappa shape index (κ3) is 2.24. The number of carbonyl (C=O) groups excluding carboxylic acids is 2. The highest BCUT2D eigenvalue weighted by Crippen LogP contribution is 2.43. The standard InChI is InChI=1S/C18H20O2/c1-11-3-5-13-9-15-16(18(20)8-7-17(15)19)10-14(13)6-4-12(11)2/h7-8,15-16H,1-6,9-10H2. The Hall–Kier alpha value is -1.70. The van der Waals surface area contributed by atoms with Crippen molar-refractivity contribution in [1.82, 2.24) is 0 Å². The molecule has 2 nitrogen and oxygen atoms in total. The quantitative estimate of drug-likeness (QED) is 0.628. The lowest BCUT2D eigenvalue weighted by molar-refractivity contribution is -0.129. The van der Waals surface area contributed by atoms with E-state index in [1.165, 1.54) is 23.3 Å². The molecule has 0 saturated heterocycles. The predicted molar refractivity (Wildman–Crippen MR) is 79.1 cm³/mol. The number of fused-ring (bicyclic) bond motifs is 1. The van der Waals surface area contributed by atoms with Gasteiger partial charge in [-0.15, -0.1) is 0 Å². The summed E-state index contributed by atoms with van der Waals surface area (Å²) in [5.74, 6) is 0.0437. The van der Waals surface area contributed by atoms with Crippen LogP contribution in [0, 0.1) is 11.8 Å². The molecular weight excluding hydrogens is 248 g/mol. The van der Waals surface area contributed by atoms with Gasteiger partial charge in [-0.3, -0.25) is 9.59 Å². The topological polar surface area (TPSA) is 34.1 Å². The Morgan fingerprint density at radius 3 is 1.55 bits per heavy atom. The van der Waals surface area contributed by atoms with Gasteiger partial charge in [-0.25, -0.2) is 0 Å². The second-order valence-corrected chi connectivity index (χ2v) is 6.17. The summed E-state index contributed by atoms with van der Waals surface area (Å²) in [6.07, 6.45) is 8.31. The van der Waals surface area contributed by atoms with Gasteiger partial charge in [0.25, 0.3) is 0 Å². The van der Waals surface area contributed by atoms with Crippen molar-refractivity contribution in [3.63, 3.8) is 0 Å². The Morgan fingerprint density at radius 2 is 1.15 bits per heavy atom. The van der Waals surface area contributed by atoms with Crippen LogP contribution in [-0.2, 0) is 9.59 Å². The highest BCUT2D eigenvalue weighted by atomic mass is 16.1. The second-order valence-electron chi connectivity index (χ2n) is 6.17. The number of hydrogen-bond donors (Lipinski definition) is 0. The van der Waals surface area contributed by atoms with Crippen LogP contribution in [0.1, 0.15) is 38.5 Å². The minimum Gasteiger partial charge on any atom is -0.295 e. The molecule has 20 heavy (non-hydrogen) atoms. The van der Waals surface area contributed by atoms with Crippen LogP contribution in [0.3, 0.4) is 0 Å². The van der Waals surface area contributed by atoms with Crippen LogP contribution in [0.25, 0.3) is 0 Å². The lowest BCUT2D eigenvalue weighted by Crippen LogP contribution is -2.35. The fourth-order valence-electron chi connectivity index (χ4n) is 3.63. The van der Waals surface area contributed by atoms with E-state index in [9.17, 15) is 9.59 Å². The molecule has 2 unspecified atom stereocenters. The van der Waals surface area contributed by atoms with Crippen molar-refractivity contribution in [2.45, 2.75) is 38.5 Å². The van der Waals surface area contributed by atoms with Gasteiger partial charge in [-0.05, 0) is 50.7 Å². The summed E-state index contributed by atoms with van der Waals surface area (Å²) in [5.41, 5.74) is 5.09. The first-order valence-electron chi connectivity index (χ1n) is 7.37. The number of carbonyl (C=O) groups is 2. The van der Waals surface area contributed by atoms with Crippen LogP contribution in [0.5, 0.6) is 0 Å². The molecule has 0 aromatic heterocycles. The second kappa shape index (κ2) is 5.01. The first-order chi connectivity index (χ1) is 9.56. The summed E-state index contributed by atoms with van der Waals surface area (Å²) in [5, 5.41) is 0. The van der Waals surface area contributed by atoms with E-state index in [0.717, 1.165) is 49.7 Å². The molecule has 0 aromatic rings. The van der Waals surface area contributed by atoms with Crippen molar-refractivity contribution in [3.8, 4) is 0 Å². The predicted octanol–water partition coefficient (Wildman–Crippen LogP) is 3.70. The normalized spacial score (nSPS) is 30.8. The van der Waals surface area contributed by atoms with Gasteiger partial charge in [-0.2, -0.15) is 0 Å². The molecule has 0 aliphatic heterocycles. The fraction of sp³-hybridized carbons (Fsp3) is 0.444. The van der Waals surface area contributed by atoms with Crippen molar-refractivity contribution < 1.29 is 9.59 Å². The highest BCUT2D eigenvalue weighted by molar-refractivity contribution is 6.07. The molecule has 3 aliphatic rings. The van der Waals surface area contributed by atoms with Crippen molar-refractivity contribution in [2.75, 3.05) is 0 Å². The van der Waals surface area contributed by atoms with E-state index in [1.54, 1.807) is 0 Å². The van der Waals surface area contributed by atoms with Gasteiger partial charge in [0.05, 0.1) is 0 Å². The van der Waals surface area contributed by atoms with E-state index in [4.69, 9.17) is 0 Å². The maximum Gasteiger partial charge on any atom is 0.159 e. The van der Waals surface area contributed by atoms with E-state index >= 15 is 0 Å². The van der Waals surface area contributed by atoms with Crippen LogP contribution in [0.2, 0.25) is 0 Å². The summed E-state index contributed by atoms with van der Waals surface area (Å²) in [6, 6.07) is 0. The van der Waals surface area contributed by atoms with E-state index in [2.05, 4.69) is 13.2 Å². The van der Waals surface area contributed by atoms with Crippen molar-refractivity contribution in [3.05, 3.63) is 47.6 Å². The lowest BCUT2D eigenvalue weighted by atomic mass is 9.67. The molecule has 0 radical (unpaired) electrons. The summed E-state index contributed by atoms with van der Waals surface area (Å²) >= 11 is 0. The molecule has 2 heteroatoms. The third-order valence-electron chi connectivity index (χ3n) is 5.02. The monoisotopic (exact) mass is 268 g/mol. The van der Waals surface area contributed by atoms with Gasteiger partial charge in [0.1, 0.15) is 0 Å². The van der Waals surface area contributed by atoms with Crippen molar-refractivity contribution >= 4 is 11.6 Å². The molecule has 3 rings (SSSR count). The third-order valence-corrected chi connectivity index (χ3v) is 5.02. The first-order valence-corrected chi connectivity index (χ1v) is 7.37. The van der Waals surface area contributed by atoms with Crippen LogP contribution < -0.4 is 0 Å². The van der Waals surface area contributed by atoms with Gasteiger partial charge < -0.3 is 0 Å². The molecule has 0 spiro atoms. The Balaban J connectivity index is 1.89. The molecule has 0 heterocycles. The molecule has 0 N–H and O–H groups in total. The maximum atomic E-state index is 12.0. The molecule has 0 aromatic carbocycles. The Kier molecular flexibility index (Phi) is 3.33.